The third kappa shape index (κ3) is 2.32. The lowest BCUT2D eigenvalue weighted by Crippen LogP contribution is -2.03. The standard InChI is InChI=1S/C12H14N4O2/c1-13-11-14-10(15-12(16-11)18-3)8-6-4-5-7-9(8)17-2/h4-7H,1-3H3,(H,13,14,15,16). The average molecular weight is 246 g/mol. The predicted octanol–water partition coefficient (Wildman–Crippen LogP) is 1.60. The molecule has 0 fully saturated rings. The van der Waals surface area contributed by atoms with Gasteiger partial charge >= 0.3 is 6.01 Å². The van der Waals surface area contributed by atoms with Crippen LogP contribution in [0.3, 0.4) is 0 Å². The van der Waals surface area contributed by atoms with E-state index >= 15 is 0 Å². The lowest BCUT2D eigenvalue weighted by molar-refractivity contribution is 0.379. The number of anilines is 1. The lowest BCUT2D eigenvalue weighted by Gasteiger charge is -2.08. The van der Waals surface area contributed by atoms with E-state index in [-0.39, 0.29) is 6.01 Å². The first-order valence-corrected chi connectivity index (χ1v) is 5.39. The van der Waals surface area contributed by atoms with Gasteiger partial charge in [-0.3, -0.25) is 0 Å². The molecule has 1 N–H and O–H groups in total. The maximum absolute atomic E-state index is 5.29. The maximum atomic E-state index is 5.29. The van der Waals surface area contributed by atoms with Crippen molar-refractivity contribution in [1.29, 1.82) is 0 Å². The van der Waals surface area contributed by atoms with Crippen LogP contribution in [0.1, 0.15) is 0 Å². The molecule has 1 heterocycles. The summed E-state index contributed by atoms with van der Waals surface area (Å²) in [5.74, 6) is 1.65. The van der Waals surface area contributed by atoms with Gasteiger partial charge in [0.15, 0.2) is 5.82 Å². The molecule has 6 nitrogen and oxygen atoms in total. The van der Waals surface area contributed by atoms with Crippen molar-refractivity contribution in [2.75, 3.05) is 26.6 Å². The fraction of sp³-hybridized carbons (Fsp3) is 0.250. The summed E-state index contributed by atoms with van der Waals surface area (Å²) < 4.78 is 10.3. The molecule has 0 aliphatic heterocycles. The minimum atomic E-state index is 0.259. The van der Waals surface area contributed by atoms with Crippen LogP contribution in [-0.4, -0.2) is 36.2 Å². The van der Waals surface area contributed by atoms with E-state index in [9.17, 15) is 0 Å². The molecule has 0 aliphatic carbocycles. The summed E-state index contributed by atoms with van der Waals surface area (Å²) in [5.41, 5.74) is 0.789. The number of nitrogens with one attached hydrogen (secondary N) is 1. The van der Waals surface area contributed by atoms with Crippen LogP contribution < -0.4 is 14.8 Å². The summed E-state index contributed by atoms with van der Waals surface area (Å²) in [4.78, 5) is 12.6. The highest BCUT2D eigenvalue weighted by Gasteiger charge is 2.11. The second kappa shape index (κ2) is 5.31. The molecule has 2 rings (SSSR count). The number of para-hydroxylation sites is 1. The second-order valence-corrected chi connectivity index (χ2v) is 3.42. The summed E-state index contributed by atoms with van der Waals surface area (Å²) in [6.07, 6.45) is 0. The largest absolute Gasteiger partial charge is 0.496 e. The van der Waals surface area contributed by atoms with Gasteiger partial charge in [0.1, 0.15) is 5.75 Å². The Bertz CT molecular complexity index is 523. The van der Waals surface area contributed by atoms with Gasteiger partial charge in [0.2, 0.25) is 5.95 Å². The Morgan fingerprint density at radius 3 is 2.44 bits per heavy atom. The molecule has 0 amide bonds. The first kappa shape index (κ1) is 12.1. The Labute approximate surface area is 105 Å². The van der Waals surface area contributed by atoms with E-state index in [0.29, 0.717) is 17.5 Å². The number of nitrogens with zero attached hydrogens (tertiary/aromatic N) is 3. The van der Waals surface area contributed by atoms with Gasteiger partial charge in [-0.2, -0.15) is 15.0 Å². The molecule has 94 valence electrons. The molecular formula is C12H14N4O2. The smallest absolute Gasteiger partial charge is 0.321 e. The molecule has 0 saturated heterocycles. The first-order valence-electron chi connectivity index (χ1n) is 5.39. The fourth-order valence-corrected chi connectivity index (χ4v) is 1.51. The SMILES string of the molecule is CNc1nc(OC)nc(-c2ccccc2OC)n1. The van der Waals surface area contributed by atoms with E-state index in [0.717, 1.165) is 5.56 Å². The summed E-state index contributed by atoms with van der Waals surface area (Å²) in [7, 11) is 4.86. The Morgan fingerprint density at radius 1 is 1.00 bits per heavy atom. The molecule has 0 bridgehead atoms. The first-order chi connectivity index (χ1) is 8.78. The van der Waals surface area contributed by atoms with Crippen LogP contribution >= 0.6 is 0 Å². The number of benzene rings is 1. The zero-order chi connectivity index (χ0) is 13.0. The highest BCUT2D eigenvalue weighted by molar-refractivity contribution is 5.64. The molecule has 2 aromatic rings. The van der Waals surface area contributed by atoms with Crippen molar-refractivity contribution >= 4 is 5.95 Å². The third-order valence-corrected chi connectivity index (χ3v) is 2.37. The van der Waals surface area contributed by atoms with Crippen molar-refractivity contribution < 1.29 is 9.47 Å². The Hall–Kier alpha value is -2.37. The van der Waals surface area contributed by atoms with Gasteiger partial charge in [-0.15, -0.1) is 0 Å². The molecule has 0 unspecified atom stereocenters. The van der Waals surface area contributed by atoms with Crippen molar-refractivity contribution in [3.8, 4) is 23.1 Å². The molecule has 6 heteroatoms. The van der Waals surface area contributed by atoms with E-state index in [1.807, 2.05) is 24.3 Å². The minimum Gasteiger partial charge on any atom is -0.496 e. The molecule has 0 aliphatic rings. The Morgan fingerprint density at radius 2 is 1.78 bits per heavy atom. The molecule has 1 aromatic heterocycles. The highest BCUT2D eigenvalue weighted by atomic mass is 16.5. The molecule has 0 radical (unpaired) electrons. The summed E-state index contributed by atoms with van der Waals surface area (Å²) in [5, 5.41) is 2.87. The average Bonchev–Trinajstić information content (AvgIpc) is 2.46. The fourth-order valence-electron chi connectivity index (χ4n) is 1.51. The van der Waals surface area contributed by atoms with E-state index in [4.69, 9.17) is 9.47 Å². The number of methoxy groups -OCH3 is 2. The van der Waals surface area contributed by atoms with Crippen LogP contribution in [0.25, 0.3) is 11.4 Å². The minimum absolute atomic E-state index is 0.259. The number of hydrogen-bond acceptors (Lipinski definition) is 6. The molecule has 0 spiro atoms. The monoisotopic (exact) mass is 246 g/mol. The number of aromatic nitrogens is 3. The third-order valence-electron chi connectivity index (χ3n) is 2.37. The predicted molar refractivity (Wildman–Crippen MR) is 67.9 cm³/mol. The summed E-state index contributed by atoms with van der Waals surface area (Å²) in [6, 6.07) is 7.78. The topological polar surface area (TPSA) is 69.2 Å². The number of hydrogen-bond donors (Lipinski definition) is 1. The zero-order valence-corrected chi connectivity index (χ0v) is 10.5. The summed E-state index contributed by atoms with van der Waals surface area (Å²) >= 11 is 0. The second-order valence-electron chi connectivity index (χ2n) is 3.42. The quantitative estimate of drug-likeness (QED) is 0.883. The Kier molecular flexibility index (Phi) is 3.57. The molecule has 18 heavy (non-hydrogen) atoms. The van der Waals surface area contributed by atoms with Crippen LogP contribution in [0.2, 0.25) is 0 Å². The molecular weight excluding hydrogens is 232 g/mol. The van der Waals surface area contributed by atoms with Gasteiger partial charge < -0.3 is 14.8 Å². The van der Waals surface area contributed by atoms with Gasteiger partial charge in [-0.1, -0.05) is 12.1 Å². The summed E-state index contributed by atoms with van der Waals surface area (Å²) in [6.45, 7) is 0. The molecule has 1 aromatic carbocycles. The highest BCUT2D eigenvalue weighted by Crippen LogP contribution is 2.27. The normalized spacial score (nSPS) is 9.94. The lowest BCUT2D eigenvalue weighted by atomic mass is 10.2. The number of rotatable bonds is 4. The van der Waals surface area contributed by atoms with Gasteiger partial charge in [-0.25, -0.2) is 0 Å². The molecule has 0 atom stereocenters. The van der Waals surface area contributed by atoms with E-state index in [1.54, 1.807) is 14.2 Å². The zero-order valence-electron chi connectivity index (χ0n) is 10.5. The van der Waals surface area contributed by atoms with Crippen LogP contribution in [0.5, 0.6) is 11.8 Å². The van der Waals surface area contributed by atoms with Crippen LogP contribution in [0.15, 0.2) is 24.3 Å². The van der Waals surface area contributed by atoms with Crippen LogP contribution in [0.4, 0.5) is 5.95 Å². The van der Waals surface area contributed by atoms with Gasteiger partial charge in [0, 0.05) is 7.05 Å². The van der Waals surface area contributed by atoms with Gasteiger partial charge in [0.05, 0.1) is 19.8 Å². The van der Waals surface area contributed by atoms with E-state index in [1.165, 1.54) is 7.11 Å². The van der Waals surface area contributed by atoms with Crippen molar-refractivity contribution in [1.82, 2.24) is 15.0 Å². The van der Waals surface area contributed by atoms with E-state index in [2.05, 4.69) is 20.3 Å². The van der Waals surface area contributed by atoms with Crippen LogP contribution in [0, 0.1) is 0 Å². The van der Waals surface area contributed by atoms with Gasteiger partial charge in [-0.05, 0) is 12.1 Å². The van der Waals surface area contributed by atoms with Crippen molar-refractivity contribution in [2.45, 2.75) is 0 Å². The maximum Gasteiger partial charge on any atom is 0.321 e. The molecule has 0 saturated carbocycles. The number of ether oxygens (including phenoxy) is 2. The van der Waals surface area contributed by atoms with Crippen molar-refractivity contribution in [2.24, 2.45) is 0 Å². The van der Waals surface area contributed by atoms with Crippen LogP contribution in [-0.2, 0) is 0 Å². The van der Waals surface area contributed by atoms with Crippen molar-refractivity contribution in [3.05, 3.63) is 24.3 Å². The van der Waals surface area contributed by atoms with Crippen molar-refractivity contribution in [3.63, 3.8) is 0 Å². The van der Waals surface area contributed by atoms with E-state index < -0.39 is 0 Å². The Balaban J connectivity index is 2.55. The van der Waals surface area contributed by atoms with Gasteiger partial charge in [0.25, 0.3) is 0 Å².